The number of amides is 1. The Morgan fingerprint density at radius 1 is 1.03 bits per heavy atom. The van der Waals surface area contributed by atoms with Crippen LogP contribution in [0.15, 0.2) is 0 Å². The topological polar surface area (TPSA) is 124 Å². The van der Waals surface area contributed by atoms with E-state index in [0.29, 0.717) is 41.9 Å². The first kappa shape index (κ1) is 26.4. The number of fused-ring (bicyclic) bond motifs is 5. The van der Waals surface area contributed by atoms with Crippen molar-refractivity contribution in [3.63, 3.8) is 0 Å². The summed E-state index contributed by atoms with van der Waals surface area (Å²) in [5.74, 6) is 2.10. The van der Waals surface area contributed by atoms with Gasteiger partial charge in [-0.25, -0.2) is 0 Å². The third-order valence-corrected chi connectivity index (χ3v) is 11.6. The smallest absolute Gasteiger partial charge is 0.266 e. The van der Waals surface area contributed by atoms with Crippen molar-refractivity contribution in [3.05, 3.63) is 0 Å². The number of hydrogen-bond acceptors (Lipinski definition) is 5. The van der Waals surface area contributed by atoms with E-state index in [0.717, 1.165) is 51.4 Å². The van der Waals surface area contributed by atoms with Gasteiger partial charge in [-0.1, -0.05) is 20.8 Å². The number of hydrogen-bond donors (Lipinski definition) is 4. The average Bonchev–Trinajstić information content (AvgIpc) is 3.09. The van der Waals surface area contributed by atoms with E-state index in [1.807, 2.05) is 0 Å². The minimum absolute atomic E-state index is 0.0625. The van der Waals surface area contributed by atoms with Crippen LogP contribution in [-0.4, -0.2) is 53.6 Å². The Labute approximate surface area is 205 Å². The predicted molar refractivity (Wildman–Crippen MR) is 130 cm³/mol. The largest absolute Gasteiger partial charge is 0.393 e. The standard InChI is InChI=1S/C26H45NO6S/c1-16(4-7-23(30)27-12-13-34(31,32)33)19-5-6-20-24-21(9-11-26(19,20)3)25(2)10-8-18(28)14-17(25)15-22(24)29/h16-22,24,28-29H,4-15H2,1-3H3,(H,27,30)(H,31,32,33)/t16-,17?,18-,19?,20+,21+,22+,24+,25+,26-/m1/s1. The van der Waals surface area contributed by atoms with Crippen LogP contribution in [-0.2, 0) is 14.9 Å². The molecule has 196 valence electrons. The third-order valence-electron chi connectivity index (χ3n) is 10.9. The third kappa shape index (κ3) is 4.94. The van der Waals surface area contributed by atoms with Crippen molar-refractivity contribution in [2.24, 2.45) is 46.3 Å². The molecule has 0 saturated heterocycles. The van der Waals surface area contributed by atoms with Crippen LogP contribution in [0, 0.1) is 46.3 Å². The van der Waals surface area contributed by atoms with Gasteiger partial charge in [0.05, 0.1) is 18.0 Å². The van der Waals surface area contributed by atoms with Crippen LogP contribution in [0.5, 0.6) is 0 Å². The summed E-state index contributed by atoms with van der Waals surface area (Å²) in [5, 5.41) is 24.2. The molecule has 8 heteroatoms. The molecule has 1 amide bonds. The minimum atomic E-state index is -4.06. The Kier molecular flexibility index (Phi) is 7.47. The average molecular weight is 500 g/mol. The Balaban J connectivity index is 1.39. The van der Waals surface area contributed by atoms with E-state index in [2.05, 4.69) is 26.1 Å². The van der Waals surface area contributed by atoms with Gasteiger partial charge in [-0.05, 0) is 104 Å². The summed E-state index contributed by atoms with van der Waals surface area (Å²) in [4.78, 5) is 12.2. The van der Waals surface area contributed by atoms with Gasteiger partial charge >= 0.3 is 0 Å². The molecule has 4 aliphatic rings. The Morgan fingerprint density at radius 2 is 1.71 bits per heavy atom. The molecule has 0 spiro atoms. The molecule has 0 aromatic heterocycles. The highest BCUT2D eigenvalue weighted by molar-refractivity contribution is 7.85. The Hall–Kier alpha value is -0.700. The van der Waals surface area contributed by atoms with Crippen molar-refractivity contribution in [2.75, 3.05) is 12.3 Å². The van der Waals surface area contributed by atoms with Crippen LogP contribution >= 0.6 is 0 Å². The molecule has 4 rings (SSSR count). The molecule has 0 bridgehead atoms. The lowest BCUT2D eigenvalue weighted by atomic mass is 9.43. The molecule has 2 unspecified atom stereocenters. The molecule has 0 heterocycles. The normalized spacial score (nSPS) is 45.1. The number of carbonyl (C=O) groups excluding carboxylic acids is 1. The van der Waals surface area contributed by atoms with Crippen LogP contribution in [0.3, 0.4) is 0 Å². The van der Waals surface area contributed by atoms with Crippen LogP contribution in [0.1, 0.15) is 85.0 Å². The Morgan fingerprint density at radius 3 is 2.41 bits per heavy atom. The van der Waals surface area contributed by atoms with Gasteiger partial charge < -0.3 is 15.5 Å². The quantitative estimate of drug-likeness (QED) is 0.398. The second-order valence-electron chi connectivity index (χ2n) is 12.6. The van der Waals surface area contributed by atoms with E-state index in [9.17, 15) is 23.4 Å². The van der Waals surface area contributed by atoms with Gasteiger partial charge in [0.1, 0.15) is 0 Å². The molecule has 7 nitrogen and oxygen atoms in total. The van der Waals surface area contributed by atoms with Crippen molar-refractivity contribution in [2.45, 2.75) is 97.2 Å². The zero-order valence-electron chi connectivity index (χ0n) is 21.1. The molecule has 34 heavy (non-hydrogen) atoms. The van der Waals surface area contributed by atoms with Gasteiger partial charge in [0, 0.05) is 13.0 Å². The van der Waals surface area contributed by atoms with Crippen LogP contribution in [0.2, 0.25) is 0 Å². The first-order chi connectivity index (χ1) is 15.8. The van der Waals surface area contributed by atoms with Gasteiger partial charge in [0.2, 0.25) is 5.91 Å². The monoisotopic (exact) mass is 499 g/mol. The van der Waals surface area contributed by atoms with E-state index in [-0.39, 0.29) is 35.5 Å². The maximum Gasteiger partial charge on any atom is 0.266 e. The van der Waals surface area contributed by atoms with Gasteiger partial charge in [0.25, 0.3) is 10.1 Å². The van der Waals surface area contributed by atoms with E-state index in [1.165, 1.54) is 6.42 Å². The molecule has 4 saturated carbocycles. The number of rotatable bonds is 7. The van der Waals surface area contributed by atoms with Gasteiger partial charge in [-0.2, -0.15) is 8.42 Å². The van der Waals surface area contributed by atoms with Crippen LogP contribution in [0.25, 0.3) is 0 Å². The highest BCUT2D eigenvalue weighted by Crippen LogP contribution is 2.68. The van der Waals surface area contributed by atoms with E-state index in [4.69, 9.17) is 4.55 Å². The zero-order chi connectivity index (χ0) is 24.9. The summed E-state index contributed by atoms with van der Waals surface area (Å²) in [7, 11) is -4.06. The molecule has 10 atom stereocenters. The highest BCUT2D eigenvalue weighted by Gasteiger charge is 2.62. The number of aliphatic hydroxyl groups is 2. The fourth-order valence-corrected chi connectivity index (χ4v) is 9.50. The number of aliphatic hydroxyl groups excluding tert-OH is 2. The van der Waals surface area contributed by atoms with Gasteiger partial charge in [0.15, 0.2) is 0 Å². The minimum Gasteiger partial charge on any atom is -0.393 e. The molecular formula is C26H45NO6S. The maximum atomic E-state index is 12.2. The summed E-state index contributed by atoms with van der Waals surface area (Å²) in [5.41, 5.74) is 0.411. The predicted octanol–water partition coefficient (Wildman–Crippen LogP) is 3.40. The molecule has 0 radical (unpaired) electrons. The first-order valence-electron chi connectivity index (χ1n) is 13.4. The summed E-state index contributed by atoms with van der Waals surface area (Å²) in [6.07, 6.45) is 8.87. The lowest BCUT2D eigenvalue weighted by Crippen LogP contribution is -2.58. The zero-order valence-corrected chi connectivity index (χ0v) is 21.9. The Bertz CT molecular complexity index is 863. The van der Waals surface area contributed by atoms with Crippen molar-refractivity contribution >= 4 is 16.0 Å². The van der Waals surface area contributed by atoms with Crippen LogP contribution in [0.4, 0.5) is 0 Å². The second kappa shape index (κ2) is 9.64. The molecule has 4 aliphatic carbocycles. The van der Waals surface area contributed by atoms with Crippen LogP contribution < -0.4 is 5.32 Å². The lowest BCUT2D eigenvalue weighted by Gasteiger charge is -2.62. The summed E-state index contributed by atoms with van der Waals surface area (Å²) >= 11 is 0. The summed E-state index contributed by atoms with van der Waals surface area (Å²) < 4.78 is 30.5. The van der Waals surface area contributed by atoms with Crippen molar-refractivity contribution in [1.82, 2.24) is 5.32 Å². The molecule has 4 fully saturated rings. The van der Waals surface area contributed by atoms with E-state index in [1.54, 1.807) is 0 Å². The summed E-state index contributed by atoms with van der Waals surface area (Å²) in [6, 6.07) is 0. The number of carbonyl (C=O) groups is 1. The lowest BCUT2D eigenvalue weighted by molar-refractivity contribution is -0.174. The SMILES string of the molecule is C[C@H](CCC(=O)NCCS(=O)(=O)O)C1CC[C@H]2[C@@H]3[C@@H](O)CC4C[C@H](O)CC[C@]4(C)[C@H]3CC[C@]12C. The second-order valence-corrected chi connectivity index (χ2v) is 14.2. The fourth-order valence-electron chi connectivity index (χ4n) is 9.14. The molecule has 0 aliphatic heterocycles. The molecule has 0 aromatic carbocycles. The van der Waals surface area contributed by atoms with Gasteiger partial charge in [-0.15, -0.1) is 0 Å². The molecule has 4 N–H and O–H groups in total. The first-order valence-corrected chi connectivity index (χ1v) is 15.0. The van der Waals surface area contributed by atoms with Gasteiger partial charge in [-0.3, -0.25) is 9.35 Å². The molecular weight excluding hydrogens is 454 g/mol. The fraction of sp³-hybridized carbons (Fsp3) is 0.962. The van der Waals surface area contributed by atoms with Crippen molar-refractivity contribution < 1.29 is 28.0 Å². The van der Waals surface area contributed by atoms with E-state index < -0.39 is 15.9 Å². The number of nitrogens with one attached hydrogen (secondary N) is 1. The highest BCUT2D eigenvalue weighted by atomic mass is 32.2. The van der Waals surface area contributed by atoms with Crippen molar-refractivity contribution in [3.8, 4) is 0 Å². The molecule has 0 aromatic rings. The van der Waals surface area contributed by atoms with Crippen molar-refractivity contribution in [1.29, 1.82) is 0 Å². The van der Waals surface area contributed by atoms with E-state index >= 15 is 0 Å². The maximum absolute atomic E-state index is 12.2. The summed E-state index contributed by atoms with van der Waals surface area (Å²) in [6.45, 7) is 7.05.